The van der Waals surface area contributed by atoms with E-state index >= 15 is 0 Å². The van der Waals surface area contributed by atoms with Crippen molar-refractivity contribution in [3.63, 3.8) is 0 Å². The second kappa shape index (κ2) is 7.81. The van der Waals surface area contributed by atoms with Crippen LogP contribution in [0.25, 0.3) is 0 Å². The predicted octanol–water partition coefficient (Wildman–Crippen LogP) is 4.13. The lowest BCUT2D eigenvalue weighted by atomic mass is 10.1. The summed E-state index contributed by atoms with van der Waals surface area (Å²) in [6.07, 6.45) is 0.911. The van der Waals surface area contributed by atoms with Gasteiger partial charge in [0, 0.05) is 6.04 Å². The van der Waals surface area contributed by atoms with Crippen molar-refractivity contribution in [1.82, 2.24) is 4.72 Å². The Bertz CT molecular complexity index is 786. The molecule has 0 bridgehead atoms. The summed E-state index contributed by atoms with van der Waals surface area (Å²) in [4.78, 5) is 0.298. The number of aryl methyl sites for hydroxylation is 2. The summed E-state index contributed by atoms with van der Waals surface area (Å²) >= 11 is 0. The van der Waals surface area contributed by atoms with Crippen molar-refractivity contribution < 1.29 is 13.2 Å². The highest BCUT2D eigenvalue weighted by atomic mass is 32.2. The first kappa shape index (κ1) is 18.5. The summed E-state index contributed by atoms with van der Waals surface area (Å²) in [6, 6.07) is 12.7. The minimum atomic E-state index is -3.60. The Balaban J connectivity index is 2.27. The normalized spacial score (nSPS) is 12.8. The van der Waals surface area contributed by atoms with E-state index in [1.54, 1.807) is 19.1 Å². The van der Waals surface area contributed by atoms with Gasteiger partial charge in [0.15, 0.2) is 0 Å². The van der Waals surface area contributed by atoms with Crippen molar-refractivity contribution in [3.05, 3.63) is 59.2 Å². The lowest BCUT2D eigenvalue weighted by Crippen LogP contribution is -2.27. The molecule has 2 aromatic carbocycles. The molecule has 0 saturated heterocycles. The molecule has 0 spiro atoms. The van der Waals surface area contributed by atoms with Gasteiger partial charge < -0.3 is 4.74 Å². The van der Waals surface area contributed by atoms with E-state index in [9.17, 15) is 8.42 Å². The first-order valence-electron chi connectivity index (χ1n) is 8.16. The van der Waals surface area contributed by atoms with Gasteiger partial charge in [-0.05, 0) is 56.0 Å². The van der Waals surface area contributed by atoms with Crippen LogP contribution < -0.4 is 9.46 Å². The van der Waals surface area contributed by atoms with Crippen LogP contribution >= 0.6 is 0 Å². The first-order valence-corrected chi connectivity index (χ1v) is 9.64. The summed E-state index contributed by atoms with van der Waals surface area (Å²) in [5.41, 5.74) is 2.43. The number of benzene rings is 2. The predicted molar refractivity (Wildman–Crippen MR) is 96.9 cm³/mol. The number of rotatable bonds is 7. The van der Waals surface area contributed by atoms with Crippen LogP contribution in [0.3, 0.4) is 0 Å². The van der Waals surface area contributed by atoms with E-state index in [0.29, 0.717) is 17.1 Å². The second-order valence-corrected chi connectivity index (χ2v) is 7.67. The number of nitrogens with one attached hydrogen (secondary N) is 1. The molecule has 0 aromatic heterocycles. The summed E-state index contributed by atoms with van der Waals surface area (Å²) < 4.78 is 33.9. The van der Waals surface area contributed by atoms with Crippen molar-refractivity contribution in [1.29, 1.82) is 0 Å². The summed E-state index contributed by atoms with van der Waals surface area (Å²) in [6.45, 7) is 8.16. The van der Waals surface area contributed by atoms with Crippen LogP contribution in [0.4, 0.5) is 0 Å². The standard InChI is InChI=1S/C19H25NO3S/c1-5-11-23-18-12-15(3)19(13-14(18)2)24(21,22)20-16(4)17-9-7-6-8-10-17/h6-10,12-13,16,20H,5,11H2,1-4H3. The molecule has 0 fully saturated rings. The quantitative estimate of drug-likeness (QED) is 0.819. The minimum absolute atomic E-state index is 0.298. The average Bonchev–Trinajstić information content (AvgIpc) is 2.55. The molecule has 1 unspecified atom stereocenters. The molecule has 130 valence electrons. The molecule has 0 aliphatic heterocycles. The van der Waals surface area contributed by atoms with Gasteiger partial charge in [0.1, 0.15) is 5.75 Å². The molecule has 4 nitrogen and oxygen atoms in total. The van der Waals surface area contributed by atoms with Gasteiger partial charge >= 0.3 is 0 Å². The molecule has 2 aromatic rings. The first-order chi connectivity index (χ1) is 11.3. The van der Waals surface area contributed by atoms with E-state index in [1.165, 1.54) is 0 Å². The molecule has 0 aliphatic rings. The summed E-state index contributed by atoms with van der Waals surface area (Å²) in [5, 5.41) is 0. The van der Waals surface area contributed by atoms with Gasteiger partial charge in [0.05, 0.1) is 11.5 Å². The van der Waals surface area contributed by atoms with Crippen LogP contribution in [0.2, 0.25) is 0 Å². The highest BCUT2D eigenvalue weighted by Gasteiger charge is 2.21. The van der Waals surface area contributed by atoms with Gasteiger partial charge in [-0.2, -0.15) is 0 Å². The molecule has 24 heavy (non-hydrogen) atoms. The van der Waals surface area contributed by atoms with E-state index in [4.69, 9.17) is 4.74 Å². The lowest BCUT2D eigenvalue weighted by molar-refractivity contribution is 0.315. The Morgan fingerprint density at radius 2 is 1.75 bits per heavy atom. The van der Waals surface area contributed by atoms with E-state index in [1.807, 2.05) is 51.1 Å². The van der Waals surface area contributed by atoms with Crippen LogP contribution in [0.5, 0.6) is 5.75 Å². The molecule has 1 N–H and O–H groups in total. The zero-order chi connectivity index (χ0) is 17.7. The molecule has 2 rings (SSSR count). The van der Waals surface area contributed by atoms with E-state index in [2.05, 4.69) is 4.72 Å². The maximum Gasteiger partial charge on any atom is 0.241 e. The Labute approximate surface area is 144 Å². The molecule has 0 radical (unpaired) electrons. The van der Waals surface area contributed by atoms with Crippen molar-refractivity contribution in [3.8, 4) is 5.75 Å². The van der Waals surface area contributed by atoms with Gasteiger partial charge in [-0.3, -0.25) is 0 Å². The third-order valence-electron chi connectivity index (χ3n) is 3.86. The van der Waals surface area contributed by atoms with Crippen molar-refractivity contribution in [2.45, 2.75) is 45.1 Å². The van der Waals surface area contributed by atoms with E-state index in [-0.39, 0.29) is 6.04 Å². The Hall–Kier alpha value is -1.85. The van der Waals surface area contributed by atoms with Gasteiger partial charge in [0.2, 0.25) is 10.0 Å². The Morgan fingerprint density at radius 1 is 1.08 bits per heavy atom. The number of ether oxygens (including phenoxy) is 1. The lowest BCUT2D eigenvalue weighted by Gasteiger charge is -2.17. The van der Waals surface area contributed by atoms with Crippen molar-refractivity contribution >= 4 is 10.0 Å². The highest BCUT2D eigenvalue weighted by Crippen LogP contribution is 2.27. The molecular formula is C19H25NO3S. The molecule has 5 heteroatoms. The second-order valence-electron chi connectivity index (χ2n) is 5.99. The van der Waals surface area contributed by atoms with Gasteiger partial charge in [0.25, 0.3) is 0 Å². The van der Waals surface area contributed by atoms with Crippen molar-refractivity contribution in [2.24, 2.45) is 0 Å². The topological polar surface area (TPSA) is 55.4 Å². The summed E-state index contributed by atoms with van der Waals surface area (Å²) in [7, 11) is -3.60. The molecule has 0 aliphatic carbocycles. The van der Waals surface area contributed by atoms with Gasteiger partial charge in [-0.15, -0.1) is 0 Å². The number of hydrogen-bond donors (Lipinski definition) is 1. The fourth-order valence-corrected chi connectivity index (χ4v) is 4.07. The third-order valence-corrected chi connectivity index (χ3v) is 5.54. The number of hydrogen-bond acceptors (Lipinski definition) is 3. The van der Waals surface area contributed by atoms with Crippen LogP contribution in [0, 0.1) is 13.8 Å². The molecular weight excluding hydrogens is 322 g/mol. The minimum Gasteiger partial charge on any atom is -0.493 e. The zero-order valence-corrected chi connectivity index (χ0v) is 15.5. The van der Waals surface area contributed by atoms with E-state index < -0.39 is 10.0 Å². The van der Waals surface area contributed by atoms with E-state index in [0.717, 1.165) is 23.3 Å². The smallest absolute Gasteiger partial charge is 0.241 e. The van der Waals surface area contributed by atoms with Gasteiger partial charge in [-0.25, -0.2) is 13.1 Å². The third kappa shape index (κ3) is 4.36. The monoisotopic (exact) mass is 347 g/mol. The summed E-state index contributed by atoms with van der Waals surface area (Å²) in [5.74, 6) is 0.740. The Kier molecular flexibility index (Phi) is 6.02. The van der Waals surface area contributed by atoms with Gasteiger partial charge in [-0.1, -0.05) is 37.3 Å². The molecule has 0 heterocycles. The maximum atomic E-state index is 12.8. The molecule has 0 saturated carbocycles. The number of sulfonamides is 1. The molecule has 1 atom stereocenters. The van der Waals surface area contributed by atoms with Crippen LogP contribution in [-0.4, -0.2) is 15.0 Å². The maximum absolute atomic E-state index is 12.8. The largest absolute Gasteiger partial charge is 0.493 e. The molecule has 0 amide bonds. The Morgan fingerprint density at radius 3 is 2.38 bits per heavy atom. The van der Waals surface area contributed by atoms with Crippen LogP contribution in [0.1, 0.15) is 43.0 Å². The SMILES string of the molecule is CCCOc1cc(C)c(S(=O)(=O)NC(C)c2ccccc2)cc1C. The zero-order valence-electron chi connectivity index (χ0n) is 14.7. The van der Waals surface area contributed by atoms with Crippen molar-refractivity contribution in [2.75, 3.05) is 6.61 Å². The van der Waals surface area contributed by atoms with Crippen LogP contribution in [-0.2, 0) is 10.0 Å². The fourth-order valence-electron chi connectivity index (χ4n) is 2.53. The highest BCUT2D eigenvalue weighted by molar-refractivity contribution is 7.89. The fraction of sp³-hybridized carbons (Fsp3) is 0.368. The average molecular weight is 347 g/mol. The van der Waals surface area contributed by atoms with Crippen LogP contribution in [0.15, 0.2) is 47.4 Å².